The van der Waals surface area contributed by atoms with E-state index in [0.29, 0.717) is 5.92 Å². The van der Waals surface area contributed by atoms with Gasteiger partial charge in [-0.05, 0) is 83.2 Å². The van der Waals surface area contributed by atoms with Crippen LogP contribution < -0.4 is 0 Å². The number of aryl methyl sites for hydroxylation is 1. The predicted octanol–water partition coefficient (Wildman–Crippen LogP) is 8.76. The van der Waals surface area contributed by atoms with Gasteiger partial charge in [-0.15, -0.1) is 0 Å². The first-order valence-corrected chi connectivity index (χ1v) is 11.9. The van der Waals surface area contributed by atoms with Crippen molar-refractivity contribution >= 4 is 0 Å². The summed E-state index contributed by atoms with van der Waals surface area (Å²) in [6.45, 7) is 8.13. The van der Waals surface area contributed by atoms with Crippen LogP contribution in [0.15, 0.2) is 78.9 Å². The molecule has 156 valence electrons. The molecule has 0 heterocycles. The monoisotopic (exact) mass is 396 g/mol. The third-order valence-corrected chi connectivity index (χ3v) is 6.89. The molecule has 0 spiro atoms. The van der Waals surface area contributed by atoms with E-state index in [9.17, 15) is 0 Å². The van der Waals surface area contributed by atoms with Gasteiger partial charge in [0.25, 0.3) is 0 Å². The molecule has 5 rings (SSSR count). The second kappa shape index (κ2) is 9.65. The van der Waals surface area contributed by atoms with Gasteiger partial charge in [0.15, 0.2) is 0 Å². The van der Waals surface area contributed by atoms with Crippen LogP contribution in [0, 0.1) is 5.92 Å². The van der Waals surface area contributed by atoms with E-state index < -0.39 is 0 Å². The average molecular weight is 397 g/mol. The molecule has 0 amide bonds. The van der Waals surface area contributed by atoms with E-state index >= 15 is 0 Å². The maximum atomic E-state index is 3.66. The molecule has 2 aromatic carbocycles. The molecule has 0 N–H and O–H groups in total. The van der Waals surface area contributed by atoms with Crippen LogP contribution in [-0.4, -0.2) is 0 Å². The minimum absolute atomic E-state index is 0.614. The molecule has 3 aliphatic carbocycles. The normalized spacial score (nSPS) is 20.6. The van der Waals surface area contributed by atoms with E-state index in [0.717, 1.165) is 18.3 Å². The SMILES string of the molecule is C=CC1=CC(C)C=C1.CCc1cc(-c2ccccc2C2CC2)ccc1C1CCCC1. The van der Waals surface area contributed by atoms with Crippen LogP contribution in [-0.2, 0) is 6.42 Å². The highest BCUT2D eigenvalue weighted by Crippen LogP contribution is 2.45. The first-order valence-electron chi connectivity index (χ1n) is 11.9. The summed E-state index contributed by atoms with van der Waals surface area (Å²) >= 11 is 0. The van der Waals surface area contributed by atoms with E-state index in [1.807, 2.05) is 6.08 Å². The Morgan fingerprint density at radius 1 is 0.933 bits per heavy atom. The quantitative estimate of drug-likeness (QED) is 0.474. The summed E-state index contributed by atoms with van der Waals surface area (Å²) in [6, 6.07) is 16.3. The van der Waals surface area contributed by atoms with Gasteiger partial charge in [0, 0.05) is 0 Å². The third kappa shape index (κ3) is 4.86. The van der Waals surface area contributed by atoms with Gasteiger partial charge in [-0.3, -0.25) is 0 Å². The zero-order chi connectivity index (χ0) is 20.9. The van der Waals surface area contributed by atoms with E-state index in [1.54, 1.807) is 16.7 Å². The van der Waals surface area contributed by atoms with Crippen molar-refractivity contribution in [3.8, 4) is 11.1 Å². The molecule has 0 radical (unpaired) electrons. The number of allylic oxidation sites excluding steroid dienone is 5. The highest BCUT2D eigenvalue weighted by Gasteiger charge is 2.26. The number of rotatable bonds is 5. The Balaban J connectivity index is 0.000000230. The lowest BCUT2D eigenvalue weighted by Crippen LogP contribution is -1.99. The summed E-state index contributed by atoms with van der Waals surface area (Å²) < 4.78 is 0. The van der Waals surface area contributed by atoms with Crippen LogP contribution in [0.5, 0.6) is 0 Å². The van der Waals surface area contributed by atoms with Gasteiger partial charge >= 0.3 is 0 Å². The predicted molar refractivity (Wildman–Crippen MR) is 131 cm³/mol. The molecule has 0 bridgehead atoms. The molecule has 1 atom stereocenters. The number of hydrogen-bond donors (Lipinski definition) is 0. The second-order valence-corrected chi connectivity index (χ2v) is 9.20. The van der Waals surface area contributed by atoms with Gasteiger partial charge < -0.3 is 0 Å². The highest BCUT2D eigenvalue weighted by atomic mass is 14.3. The smallest absolute Gasteiger partial charge is 0.00696 e. The Labute approximate surface area is 183 Å². The molecule has 1 unspecified atom stereocenters. The van der Waals surface area contributed by atoms with Gasteiger partial charge in [0.2, 0.25) is 0 Å². The average Bonchev–Trinajstić information content (AvgIpc) is 3.31. The summed E-state index contributed by atoms with van der Waals surface area (Å²) in [4.78, 5) is 0. The summed E-state index contributed by atoms with van der Waals surface area (Å²) in [6.07, 6.45) is 17.8. The van der Waals surface area contributed by atoms with Crippen LogP contribution in [0.2, 0.25) is 0 Å². The molecular formula is C30H36. The zero-order valence-electron chi connectivity index (χ0n) is 18.7. The fourth-order valence-corrected chi connectivity index (χ4v) is 5.04. The summed E-state index contributed by atoms with van der Waals surface area (Å²) in [5, 5.41) is 0. The summed E-state index contributed by atoms with van der Waals surface area (Å²) in [5.74, 6) is 2.25. The van der Waals surface area contributed by atoms with Crippen molar-refractivity contribution in [3.05, 3.63) is 95.6 Å². The standard InChI is InChI=1S/C22H26.C8H10/c1-2-16-15-19(13-14-20(16)17-7-3-4-8-17)22-10-6-5-9-21(22)18-11-12-18;1-3-8-5-4-7(2)6-8/h5-6,9-10,13-15,17-18H,2-4,7-8,11-12H2,1H3;3-7H,1H2,2H3. The van der Waals surface area contributed by atoms with E-state index in [4.69, 9.17) is 0 Å². The van der Waals surface area contributed by atoms with Crippen LogP contribution >= 0.6 is 0 Å². The number of benzene rings is 2. The Morgan fingerprint density at radius 3 is 2.27 bits per heavy atom. The zero-order valence-corrected chi connectivity index (χ0v) is 18.7. The lowest BCUT2D eigenvalue weighted by Gasteiger charge is -2.17. The Bertz CT molecular complexity index is 932. The van der Waals surface area contributed by atoms with Crippen LogP contribution in [0.4, 0.5) is 0 Å². The van der Waals surface area contributed by atoms with Gasteiger partial charge in [-0.2, -0.15) is 0 Å². The first-order chi connectivity index (χ1) is 14.7. The van der Waals surface area contributed by atoms with Crippen LogP contribution in [0.3, 0.4) is 0 Å². The molecule has 2 fully saturated rings. The van der Waals surface area contributed by atoms with Crippen molar-refractivity contribution in [2.75, 3.05) is 0 Å². The Hall–Kier alpha value is -2.34. The minimum Gasteiger partial charge on any atom is -0.0985 e. The van der Waals surface area contributed by atoms with Crippen molar-refractivity contribution in [1.82, 2.24) is 0 Å². The summed E-state index contributed by atoms with van der Waals surface area (Å²) in [7, 11) is 0. The van der Waals surface area contributed by atoms with Crippen LogP contribution in [0.1, 0.15) is 80.9 Å². The number of hydrogen-bond acceptors (Lipinski definition) is 0. The third-order valence-electron chi connectivity index (χ3n) is 6.89. The molecule has 0 aliphatic heterocycles. The molecule has 2 saturated carbocycles. The maximum absolute atomic E-state index is 3.66. The van der Waals surface area contributed by atoms with Gasteiger partial charge in [0.1, 0.15) is 0 Å². The molecule has 0 heteroatoms. The van der Waals surface area contributed by atoms with Crippen molar-refractivity contribution in [2.24, 2.45) is 5.92 Å². The van der Waals surface area contributed by atoms with Gasteiger partial charge in [-0.1, -0.05) is 100 Å². The molecular weight excluding hydrogens is 360 g/mol. The summed E-state index contributed by atoms with van der Waals surface area (Å²) in [5.41, 5.74) is 8.93. The van der Waals surface area contributed by atoms with E-state index in [1.165, 1.54) is 55.2 Å². The Morgan fingerprint density at radius 2 is 1.67 bits per heavy atom. The Kier molecular flexibility index (Phi) is 6.72. The van der Waals surface area contributed by atoms with Gasteiger partial charge in [-0.25, -0.2) is 0 Å². The molecule has 0 aromatic heterocycles. The van der Waals surface area contributed by atoms with Crippen molar-refractivity contribution in [2.45, 2.75) is 70.6 Å². The fraction of sp³-hybridized carbons (Fsp3) is 0.400. The maximum Gasteiger partial charge on any atom is -0.00696 e. The fourth-order valence-electron chi connectivity index (χ4n) is 5.04. The van der Waals surface area contributed by atoms with Crippen molar-refractivity contribution in [1.29, 1.82) is 0 Å². The highest BCUT2D eigenvalue weighted by molar-refractivity contribution is 5.70. The van der Waals surface area contributed by atoms with Crippen molar-refractivity contribution in [3.63, 3.8) is 0 Å². The van der Waals surface area contributed by atoms with Crippen molar-refractivity contribution < 1.29 is 0 Å². The van der Waals surface area contributed by atoms with Crippen LogP contribution in [0.25, 0.3) is 11.1 Å². The molecule has 3 aliphatic rings. The van der Waals surface area contributed by atoms with E-state index in [2.05, 4.69) is 81.1 Å². The molecule has 0 nitrogen and oxygen atoms in total. The molecule has 30 heavy (non-hydrogen) atoms. The minimum atomic E-state index is 0.614. The topological polar surface area (TPSA) is 0 Å². The lowest BCUT2D eigenvalue weighted by atomic mass is 9.88. The largest absolute Gasteiger partial charge is 0.0985 e. The molecule has 2 aromatic rings. The lowest BCUT2D eigenvalue weighted by molar-refractivity contribution is 0.713. The van der Waals surface area contributed by atoms with Gasteiger partial charge in [0.05, 0.1) is 0 Å². The first kappa shape index (κ1) is 20.9. The van der Waals surface area contributed by atoms with E-state index in [-0.39, 0.29) is 0 Å². The second-order valence-electron chi connectivity index (χ2n) is 9.20. The molecule has 0 saturated heterocycles.